The molecule has 0 aromatic carbocycles. The zero-order valence-corrected chi connectivity index (χ0v) is 15.3. The monoisotopic (exact) mass is 368 g/mol. The highest BCUT2D eigenvalue weighted by atomic mass is 19.4. The SMILES string of the molecule is Cc1nccc(-c2ccc(OCC(C)(N)CC(C)C(F)(F)F)c(C)n2)n1. The molecule has 0 saturated carbocycles. The number of aromatic nitrogens is 3. The van der Waals surface area contributed by atoms with Crippen molar-refractivity contribution in [3.05, 3.63) is 35.9 Å². The van der Waals surface area contributed by atoms with Gasteiger partial charge in [-0.05, 0) is 45.4 Å². The van der Waals surface area contributed by atoms with E-state index in [0.717, 1.165) is 6.92 Å². The van der Waals surface area contributed by atoms with E-state index >= 15 is 0 Å². The highest BCUT2D eigenvalue weighted by Gasteiger charge is 2.39. The van der Waals surface area contributed by atoms with Crippen molar-refractivity contribution in [2.45, 2.75) is 45.8 Å². The molecule has 2 heterocycles. The lowest BCUT2D eigenvalue weighted by Crippen LogP contribution is -2.45. The van der Waals surface area contributed by atoms with Crippen LogP contribution in [-0.4, -0.2) is 33.3 Å². The molecular formula is C18H23F3N4O. The van der Waals surface area contributed by atoms with E-state index in [-0.39, 0.29) is 13.0 Å². The van der Waals surface area contributed by atoms with Crippen LogP contribution in [0.4, 0.5) is 13.2 Å². The Labute approximate surface area is 150 Å². The Morgan fingerprint density at radius 2 is 1.77 bits per heavy atom. The van der Waals surface area contributed by atoms with E-state index in [1.807, 2.05) is 0 Å². The number of hydrogen-bond acceptors (Lipinski definition) is 5. The van der Waals surface area contributed by atoms with Gasteiger partial charge in [0.25, 0.3) is 0 Å². The predicted octanol–water partition coefficient (Wildman–Crippen LogP) is 3.84. The fourth-order valence-corrected chi connectivity index (χ4v) is 2.56. The van der Waals surface area contributed by atoms with Gasteiger partial charge in [-0.1, -0.05) is 6.92 Å². The number of hydrogen-bond donors (Lipinski definition) is 1. The van der Waals surface area contributed by atoms with Crippen LogP contribution >= 0.6 is 0 Å². The van der Waals surface area contributed by atoms with Crippen molar-refractivity contribution < 1.29 is 17.9 Å². The van der Waals surface area contributed by atoms with Crippen LogP contribution in [0.3, 0.4) is 0 Å². The normalized spacial score (nSPS) is 15.4. The summed E-state index contributed by atoms with van der Waals surface area (Å²) in [5.74, 6) is -0.375. The van der Waals surface area contributed by atoms with Gasteiger partial charge in [0.05, 0.1) is 23.0 Å². The van der Waals surface area contributed by atoms with E-state index in [1.54, 1.807) is 45.2 Å². The Hall–Kier alpha value is -2.22. The molecule has 0 saturated heterocycles. The Kier molecular flexibility index (Phi) is 5.85. The van der Waals surface area contributed by atoms with Crippen LogP contribution in [0.25, 0.3) is 11.4 Å². The average molecular weight is 368 g/mol. The van der Waals surface area contributed by atoms with Gasteiger partial charge in [0.2, 0.25) is 0 Å². The molecule has 2 unspecified atom stereocenters. The van der Waals surface area contributed by atoms with E-state index in [1.165, 1.54) is 0 Å². The highest BCUT2D eigenvalue weighted by Crippen LogP contribution is 2.32. The van der Waals surface area contributed by atoms with Crippen LogP contribution in [0.1, 0.15) is 31.8 Å². The fraction of sp³-hybridized carbons (Fsp3) is 0.500. The van der Waals surface area contributed by atoms with E-state index in [9.17, 15) is 13.2 Å². The molecule has 0 aliphatic carbocycles. The van der Waals surface area contributed by atoms with Gasteiger partial charge in [0.15, 0.2) is 0 Å². The number of rotatable bonds is 6. The number of pyridine rings is 1. The summed E-state index contributed by atoms with van der Waals surface area (Å²) in [6, 6.07) is 5.22. The summed E-state index contributed by atoms with van der Waals surface area (Å²) in [7, 11) is 0. The minimum Gasteiger partial charge on any atom is -0.490 e. The van der Waals surface area contributed by atoms with Crippen LogP contribution in [-0.2, 0) is 0 Å². The summed E-state index contributed by atoms with van der Waals surface area (Å²) in [4.78, 5) is 12.8. The first kappa shape index (κ1) is 20.1. The van der Waals surface area contributed by atoms with Crippen molar-refractivity contribution in [2.75, 3.05) is 6.61 Å². The summed E-state index contributed by atoms with van der Waals surface area (Å²) < 4.78 is 43.8. The quantitative estimate of drug-likeness (QED) is 0.839. The molecule has 2 atom stereocenters. The molecule has 0 fully saturated rings. The lowest BCUT2D eigenvalue weighted by molar-refractivity contribution is -0.175. The fourth-order valence-electron chi connectivity index (χ4n) is 2.56. The Balaban J connectivity index is 2.06. The summed E-state index contributed by atoms with van der Waals surface area (Å²) in [6.45, 7) is 6.19. The Bertz CT molecular complexity index is 762. The summed E-state index contributed by atoms with van der Waals surface area (Å²) >= 11 is 0. The van der Waals surface area contributed by atoms with Crippen molar-refractivity contribution in [2.24, 2.45) is 11.7 Å². The molecule has 5 nitrogen and oxygen atoms in total. The summed E-state index contributed by atoms with van der Waals surface area (Å²) in [6.07, 6.45) is -2.84. The van der Waals surface area contributed by atoms with Crippen molar-refractivity contribution in [1.29, 1.82) is 0 Å². The highest BCUT2D eigenvalue weighted by molar-refractivity contribution is 5.55. The van der Waals surface area contributed by atoms with Gasteiger partial charge in [-0.3, -0.25) is 0 Å². The molecule has 0 bridgehead atoms. The molecule has 0 amide bonds. The van der Waals surface area contributed by atoms with Crippen molar-refractivity contribution in [3.8, 4) is 17.1 Å². The standard InChI is InChI=1S/C18H23F3N4O/c1-11(18(19,20)21)9-17(4,22)10-26-16-6-5-14(24-12(16)2)15-7-8-23-13(3)25-15/h5-8,11H,9-10,22H2,1-4H3. The third kappa shape index (κ3) is 5.39. The van der Waals surface area contributed by atoms with E-state index in [4.69, 9.17) is 10.5 Å². The second-order valence-corrected chi connectivity index (χ2v) is 6.86. The first-order valence-electron chi connectivity index (χ1n) is 8.24. The molecule has 0 aliphatic heterocycles. The number of halogens is 3. The first-order chi connectivity index (χ1) is 12.0. The molecule has 0 radical (unpaired) electrons. The number of alkyl halides is 3. The molecule has 2 rings (SSSR count). The van der Waals surface area contributed by atoms with Gasteiger partial charge in [-0.2, -0.15) is 13.2 Å². The van der Waals surface area contributed by atoms with Gasteiger partial charge < -0.3 is 10.5 Å². The van der Waals surface area contributed by atoms with E-state index in [2.05, 4.69) is 15.0 Å². The zero-order valence-electron chi connectivity index (χ0n) is 15.3. The smallest absolute Gasteiger partial charge is 0.391 e. The maximum Gasteiger partial charge on any atom is 0.391 e. The van der Waals surface area contributed by atoms with Gasteiger partial charge in [-0.15, -0.1) is 0 Å². The lowest BCUT2D eigenvalue weighted by Gasteiger charge is -2.29. The van der Waals surface area contributed by atoms with Gasteiger partial charge in [-0.25, -0.2) is 15.0 Å². The maximum absolute atomic E-state index is 12.7. The summed E-state index contributed by atoms with van der Waals surface area (Å²) in [5.41, 5.74) is 6.85. The lowest BCUT2D eigenvalue weighted by atomic mass is 9.91. The van der Waals surface area contributed by atoms with Crippen molar-refractivity contribution in [3.63, 3.8) is 0 Å². The Morgan fingerprint density at radius 1 is 1.12 bits per heavy atom. The van der Waals surface area contributed by atoms with Crippen LogP contribution in [0.2, 0.25) is 0 Å². The van der Waals surface area contributed by atoms with Gasteiger partial charge in [0.1, 0.15) is 18.2 Å². The minimum absolute atomic E-state index is 0.0398. The largest absolute Gasteiger partial charge is 0.490 e. The summed E-state index contributed by atoms with van der Waals surface area (Å²) in [5, 5.41) is 0. The van der Waals surface area contributed by atoms with E-state index in [0.29, 0.717) is 28.7 Å². The number of ether oxygens (including phenoxy) is 1. The van der Waals surface area contributed by atoms with Gasteiger partial charge in [0, 0.05) is 11.7 Å². The number of aryl methyl sites for hydroxylation is 2. The molecule has 0 aliphatic rings. The predicted molar refractivity (Wildman–Crippen MR) is 92.7 cm³/mol. The van der Waals surface area contributed by atoms with Crippen molar-refractivity contribution in [1.82, 2.24) is 15.0 Å². The molecule has 2 aromatic heterocycles. The molecule has 8 heteroatoms. The second-order valence-electron chi connectivity index (χ2n) is 6.86. The molecule has 0 spiro atoms. The molecular weight excluding hydrogens is 345 g/mol. The molecule has 2 aromatic rings. The van der Waals surface area contributed by atoms with Crippen LogP contribution in [0.5, 0.6) is 5.75 Å². The third-order valence-corrected chi connectivity index (χ3v) is 3.96. The minimum atomic E-state index is -4.27. The van der Waals surface area contributed by atoms with Crippen LogP contribution in [0, 0.1) is 19.8 Å². The van der Waals surface area contributed by atoms with Crippen LogP contribution < -0.4 is 10.5 Å². The number of nitrogens with two attached hydrogens (primary N) is 1. The third-order valence-electron chi connectivity index (χ3n) is 3.96. The van der Waals surface area contributed by atoms with Gasteiger partial charge >= 0.3 is 6.18 Å². The zero-order chi connectivity index (χ0) is 19.5. The van der Waals surface area contributed by atoms with Crippen LogP contribution in [0.15, 0.2) is 24.4 Å². The number of nitrogens with zero attached hydrogens (tertiary/aromatic N) is 3. The first-order valence-corrected chi connectivity index (χ1v) is 8.24. The average Bonchev–Trinajstić information content (AvgIpc) is 2.52. The molecule has 26 heavy (non-hydrogen) atoms. The van der Waals surface area contributed by atoms with Crippen molar-refractivity contribution >= 4 is 0 Å². The topological polar surface area (TPSA) is 73.9 Å². The maximum atomic E-state index is 12.7. The van der Waals surface area contributed by atoms with E-state index < -0.39 is 17.6 Å². The molecule has 142 valence electrons. The Morgan fingerprint density at radius 3 is 2.35 bits per heavy atom. The second kappa shape index (κ2) is 7.57. The molecule has 2 N–H and O–H groups in total.